The fourth-order valence-electron chi connectivity index (χ4n) is 7.42. The molecule has 3 fully saturated rings. The predicted molar refractivity (Wildman–Crippen MR) is 175 cm³/mol. The summed E-state index contributed by atoms with van der Waals surface area (Å²) in [6.45, 7) is 4.77. The van der Waals surface area contributed by atoms with Crippen molar-refractivity contribution >= 4 is 29.5 Å². The smallest absolute Gasteiger partial charge is 0.340 e. The Labute approximate surface area is 265 Å². The number of fused-ring (bicyclic) bond motifs is 2. The normalized spacial score (nSPS) is 24.2. The van der Waals surface area contributed by atoms with Crippen molar-refractivity contribution in [2.75, 3.05) is 38.3 Å². The Kier molecular flexibility index (Phi) is 9.17. The first-order valence-electron chi connectivity index (χ1n) is 16.1. The number of carbonyl (C=O) groups excluding carboxylic acids is 3. The van der Waals surface area contributed by atoms with Crippen molar-refractivity contribution in [2.45, 2.75) is 45.4 Å². The number of likely N-dealkylation sites (tertiary alicyclic amines) is 1. The summed E-state index contributed by atoms with van der Waals surface area (Å²) >= 11 is 0. The zero-order valence-corrected chi connectivity index (χ0v) is 26.2. The number of nitrogens with zero attached hydrogens (tertiary/aromatic N) is 2. The lowest BCUT2D eigenvalue weighted by atomic mass is 9.62. The standard InChI is InChI=1S/C38H42N2O5/c1-27-22-35(41)40(36(27)42)34-15-7-6-14-32(34)37(43)45-26-38-20-8-13-30(33(38)23-29-16-18-31(44-2)19-17-29)24-39(25-38)21-9-12-28-10-4-3-5-11-28/h3-7,10-11,14-19,23,27,30H,8-9,12-13,20-22,24-26H2,1-2H3/b33-23+/t27?,30-,38+/m0/s1. The van der Waals surface area contributed by atoms with Gasteiger partial charge in [0.05, 0.1) is 18.4 Å². The Balaban J connectivity index is 1.25. The molecule has 45 heavy (non-hydrogen) atoms. The number of esters is 1. The van der Waals surface area contributed by atoms with Crippen molar-refractivity contribution in [3.05, 3.63) is 101 Å². The molecule has 6 rings (SSSR count). The Bertz CT molecular complexity index is 1570. The van der Waals surface area contributed by atoms with Gasteiger partial charge >= 0.3 is 5.97 Å². The topological polar surface area (TPSA) is 76.1 Å². The molecular formula is C38H42N2O5. The minimum atomic E-state index is -0.507. The van der Waals surface area contributed by atoms with Gasteiger partial charge in [0, 0.05) is 30.8 Å². The van der Waals surface area contributed by atoms with E-state index in [1.54, 1.807) is 38.3 Å². The van der Waals surface area contributed by atoms with Gasteiger partial charge in [-0.25, -0.2) is 9.69 Å². The molecule has 7 nitrogen and oxygen atoms in total. The number of hydrogen-bond donors (Lipinski definition) is 0. The van der Waals surface area contributed by atoms with Crippen LogP contribution in [0.5, 0.6) is 5.75 Å². The van der Waals surface area contributed by atoms with Gasteiger partial charge in [-0.3, -0.25) is 9.59 Å². The fraction of sp³-hybridized carbons (Fsp3) is 0.395. The molecule has 2 heterocycles. The van der Waals surface area contributed by atoms with Crippen molar-refractivity contribution < 1.29 is 23.9 Å². The lowest BCUT2D eigenvalue weighted by Gasteiger charge is -2.51. The summed E-state index contributed by atoms with van der Waals surface area (Å²) in [6.07, 6.45) is 7.64. The average molecular weight is 607 g/mol. The molecule has 1 unspecified atom stereocenters. The summed E-state index contributed by atoms with van der Waals surface area (Å²) in [7, 11) is 1.67. The summed E-state index contributed by atoms with van der Waals surface area (Å²) in [5, 5.41) is 0. The number of aryl methyl sites for hydroxylation is 1. The van der Waals surface area contributed by atoms with Gasteiger partial charge in [-0.15, -0.1) is 0 Å². The number of imide groups is 1. The molecule has 0 radical (unpaired) electrons. The van der Waals surface area contributed by atoms with E-state index < -0.39 is 11.9 Å². The quantitative estimate of drug-likeness (QED) is 0.192. The van der Waals surface area contributed by atoms with Gasteiger partial charge in [0.25, 0.3) is 0 Å². The second-order valence-corrected chi connectivity index (χ2v) is 12.8. The lowest BCUT2D eigenvalue weighted by molar-refractivity contribution is -0.122. The Hall–Kier alpha value is -4.23. The van der Waals surface area contributed by atoms with Gasteiger partial charge in [-0.2, -0.15) is 0 Å². The van der Waals surface area contributed by atoms with Crippen LogP contribution in [0, 0.1) is 17.3 Å². The molecule has 1 aliphatic carbocycles. The molecule has 2 aliphatic heterocycles. The number of rotatable bonds is 10. The molecule has 3 aliphatic rings. The highest BCUT2D eigenvalue weighted by atomic mass is 16.5. The Morgan fingerprint density at radius 2 is 1.76 bits per heavy atom. The van der Waals surface area contributed by atoms with Crippen LogP contribution in [-0.2, 0) is 20.7 Å². The highest BCUT2D eigenvalue weighted by Crippen LogP contribution is 2.49. The van der Waals surface area contributed by atoms with Crippen LogP contribution < -0.4 is 9.64 Å². The lowest BCUT2D eigenvalue weighted by Crippen LogP contribution is -2.53. The van der Waals surface area contributed by atoms with Crippen LogP contribution >= 0.6 is 0 Å². The van der Waals surface area contributed by atoms with Crippen molar-refractivity contribution in [1.82, 2.24) is 4.90 Å². The van der Waals surface area contributed by atoms with E-state index >= 15 is 0 Å². The van der Waals surface area contributed by atoms with Crippen LogP contribution in [0.3, 0.4) is 0 Å². The zero-order chi connectivity index (χ0) is 31.4. The maximum absolute atomic E-state index is 13.7. The molecule has 3 aromatic carbocycles. The van der Waals surface area contributed by atoms with E-state index in [2.05, 4.69) is 53.4 Å². The van der Waals surface area contributed by atoms with Gasteiger partial charge in [0.15, 0.2) is 0 Å². The van der Waals surface area contributed by atoms with Crippen LogP contribution in [0.25, 0.3) is 6.08 Å². The highest BCUT2D eigenvalue weighted by Gasteiger charge is 2.47. The van der Waals surface area contributed by atoms with Crippen molar-refractivity contribution in [3.8, 4) is 5.75 Å². The van der Waals surface area contributed by atoms with Gasteiger partial charge < -0.3 is 14.4 Å². The molecule has 0 aromatic heterocycles. The third-order valence-electron chi connectivity index (χ3n) is 9.70. The number of piperidine rings is 1. The summed E-state index contributed by atoms with van der Waals surface area (Å²) in [6, 6.07) is 25.5. The van der Waals surface area contributed by atoms with Gasteiger partial charge in [0.1, 0.15) is 12.4 Å². The van der Waals surface area contributed by atoms with Crippen LogP contribution in [-0.4, -0.2) is 56.0 Å². The maximum Gasteiger partial charge on any atom is 0.340 e. The predicted octanol–water partition coefficient (Wildman–Crippen LogP) is 6.57. The Morgan fingerprint density at radius 3 is 2.49 bits per heavy atom. The number of benzene rings is 3. The molecule has 3 aromatic rings. The van der Waals surface area contributed by atoms with E-state index in [1.165, 1.54) is 11.1 Å². The number of methoxy groups -OCH3 is 1. The molecule has 0 spiro atoms. The second kappa shape index (κ2) is 13.4. The molecular weight excluding hydrogens is 564 g/mol. The van der Waals surface area contributed by atoms with E-state index in [1.807, 2.05) is 12.1 Å². The summed E-state index contributed by atoms with van der Waals surface area (Å²) in [4.78, 5) is 43.0. The van der Waals surface area contributed by atoms with Crippen LogP contribution in [0.2, 0.25) is 0 Å². The van der Waals surface area contributed by atoms with E-state index in [0.29, 0.717) is 11.6 Å². The summed E-state index contributed by atoms with van der Waals surface area (Å²) in [5.74, 6) is -0.287. The molecule has 2 bridgehead atoms. The van der Waals surface area contributed by atoms with E-state index in [9.17, 15) is 14.4 Å². The fourth-order valence-corrected chi connectivity index (χ4v) is 7.42. The summed E-state index contributed by atoms with van der Waals surface area (Å²) < 4.78 is 11.6. The number of carbonyl (C=O) groups is 3. The van der Waals surface area contributed by atoms with Crippen molar-refractivity contribution in [1.29, 1.82) is 0 Å². The number of ether oxygens (including phenoxy) is 2. The van der Waals surface area contributed by atoms with Gasteiger partial charge in [-0.05, 0) is 73.5 Å². The molecule has 2 amide bonds. The third-order valence-corrected chi connectivity index (χ3v) is 9.70. The van der Waals surface area contributed by atoms with Crippen LogP contribution in [0.1, 0.15) is 60.5 Å². The largest absolute Gasteiger partial charge is 0.497 e. The minimum Gasteiger partial charge on any atom is -0.497 e. The van der Waals surface area contributed by atoms with Crippen molar-refractivity contribution in [3.63, 3.8) is 0 Å². The van der Waals surface area contributed by atoms with E-state index in [4.69, 9.17) is 9.47 Å². The zero-order valence-electron chi connectivity index (χ0n) is 26.2. The van der Waals surface area contributed by atoms with E-state index in [0.717, 1.165) is 68.0 Å². The molecule has 0 N–H and O–H groups in total. The van der Waals surface area contributed by atoms with Crippen LogP contribution in [0.15, 0.2) is 84.4 Å². The third kappa shape index (κ3) is 6.59. The number of anilines is 1. The second-order valence-electron chi connectivity index (χ2n) is 12.8. The van der Waals surface area contributed by atoms with Crippen LogP contribution in [0.4, 0.5) is 5.69 Å². The molecule has 234 valence electrons. The maximum atomic E-state index is 13.7. The SMILES string of the molecule is COc1ccc(/C=C2\[C@H]3CCC[C@]2(COC(=O)c2ccccc2N2C(=O)CC(C)C2=O)CN(CCCc2ccccc2)C3)cc1. The first-order valence-corrected chi connectivity index (χ1v) is 16.1. The number of amides is 2. The number of para-hydroxylation sites is 1. The van der Waals surface area contributed by atoms with Gasteiger partial charge in [0.2, 0.25) is 11.8 Å². The monoisotopic (exact) mass is 606 g/mol. The highest BCUT2D eigenvalue weighted by molar-refractivity contribution is 6.22. The molecule has 3 atom stereocenters. The summed E-state index contributed by atoms with van der Waals surface area (Å²) in [5.41, 5.74) is 4.02. The molecule has 2 saturated heterocycles. The van der Waals surface area contributed by atoms with Gasteiger partial charge in [-0.1, -0.05) is 79.6 Å². The number of hydrogen-bond acceptors (Lipinski definition) is 6. The first kappa shape index (κ1) is 30.8. The average Bonchev–Trinajstić information content (AvgIpc) is 3.31. The van der Waals surface area contributed by atoms with Crippen molar-refractivity contribution in [2.24, 2.45) is 17.3 Å². The van der Waals surface area contributed by atoms with E-state index in [-0.39, 0.29) is 35.8 Å². The first-order chi connectivity index (χ1) is 21.9. The molecule has 1 saturated carbocycles. The minimum absolute atomic E-state index is 0.145. The Morgan fingerprint density at radius 1 is 1.00 bits per heavy atom. The molecule has 7 heteroatoms.